The molecular weight excluding hydrogens is 457 g/mol. The summed E-state index contributed by atoms with van der Waals surface area (Å²) in [5.74, 6) is -6.65. The molecule has 0 aliphatic heterocycles. The molecule has 0 amide bonds. The van der Waals surface area contributed by atoms with Crippen molar-refractivity contribution in [3.63, 3.8) is 0 Å². The van der Waals surface area contributed by atoms with Crippen molar-refractivity contribution in [2.45, 2.75) is 27.4 Å². The monoisotopic (exact) mass is 468 g/mol. The molecule has 3 aromatic rings. The van der Waals surface area contributed by atoms with Crippen LogP contribution in [-0.2, 0) is 0 Å². The van der Waals surface area contributed by atoms with Crippen molar-refractivity contribution in [2.24, 2.45) is 0 Å². The molecule has 0 unspecified atom stereocenters. The van der Waals surface area contributed by atoms with Crippen LogP contribution in [0.4, 0.5) is 30.7 Å². The third-order valence-corrected chi connectivity index (χ3v) is 5.75. The predicted octanol–water partition coefficient (Wildman–Crippen LogP) is 6.42. The lowest BCUT2D eigenvalue weighted by atomic mass is 10.1. The van der Waals surface area contributed by atoms with Crippen LogP contribution in [0.25, 0.3) is 11.0 Å². The lowest BCUT2D eigenvalue weighted by Gasteiger charge is -2.27. The van der Waals surface area contributed by atoms with E-state index in [9.17, 15) is 35.5 Å². The Balaban J connectivity index is 1.64. The zero-order chi connectivity index (χ0) is 22.2. The van der Waals surface area contributed by atoms with Crippen LogP contribution in [0.2, 0.25) is 0 Å². The van der Waals surface area contributed by atoms with E-state index in [0.717, 1.165) is 41.5 Å². The van der Waals surface area contributed by atoms with Crippen LogP contribution in [0.15, 0.2) is 58.6 Å². The molecule has 0 radical (unpaired) electrons. The SMILES string of the molecule is O=C(CSc1nc2ccccc2[nH]1)c1ccc(SC(F)(F)C(F)(F)C(F)(F)F)cc1. The Labute approximate surface area is 173 Å². The third-order valence-electron chi connectivity index (χ3n) is 3.85. The average Bonchev–Trinajstić information content (AvgIpc) is 3.08. The van der Waals surface area contributed by atoms with Crippen molar-refractivity contribution in [2.75, 3.05) is 5.75 Å². The first-order chi connectivity index (χ1) is 13.9. The molecule has 1 N–H and O–H groups in total. The Hall–Kier alpha value is -2.21. The number of hydrogen-bond acceptors (Lipinski definition) is 4. The van der Waals surface area contributed by atoms with Gasteiger partial charge in [-0.2, -0.15) is 30.7 Å². The molecule has 1 heterocycles. The summed E-state index contributed by atoms with van der Waals surface area (Å²) in [7, 11) is 0. The Kier molecular flexibility index (Phi) is 6.10. The van der Waals surface area contributed by atoms with Crippen LogP contribution in [0.5, 0.6) is 0 Å². The number of ketones is 1. The van der Waals surface area contributed by atoms with Crippen LogP contribution in [0, 0.1) is 0 Å². The van der Waals surface area contributed by atoms with Gasteiger partial charge in [0.15, 0.2) is 10.9 Å². The van der Waals surface area contributed by atoms with E-state index in [2.05, 4.69) is 9.97 Å². The predicted molar refractivity (Wildman–Crippen MR) is 99.4 cm³/mol. The van der Waals surface area contributed by atoms with Crippen LogP contribution < -0.4 is 0 Å². The molecule has 0 saturated heterocycles. The minimum absolute atomic E-state index is 0.0470. The molecule has 0 saturated carbocycles. The number of aromatic nitrogens is 2. The maximum atomic E-state index is 13.5. The molecule has 0 bridgehead atoms. The van der Waals surface area contributed by atoms with Gasteiger partial charge in [0.25, 0.3) is 0 Å². The zero-order valence-corrected chi connectivity index (χ0v) is 16.3. The summed E-state index contributed by atoms with van der Waals surface area (Å²) in [5, 5.41) is -4.92. The number of thioether (sulfide) groups is 2. The quantitative estimate of drug-likeness (QED) is 0.247. The fourth-order valence-corrected chi connectivity index (χ4v) is 3.89. The molecule has 0 aliphatic carbocycles. The number of para-hydroxylation sites is 2. The number of hydrogen-bond donors (Lipinski definition) is 1. The van der Waals surface area contributed by atoms with Crippen LogP contribution in [-0.4, -0.2) is 38.9 Å². The topological polar surface area (TPSA) is 45.8 Å². The lowest BCUT2D eigenvalue weighted by Crippen LogP contribution is -2.49. The van der Waals surface area contributed by atoms with Gasteiger partial charge in [-0.3, -0.25) is 4.79 Å². The number of aromatic amines is 1. The highest BCUT2D eigenvalue weighted by molar-refractivity contribution is 8.00. The van der Waals surface area contributed by atoms with Crippen LogP contribution in [0.1, 0.15) is 10.4 Å². The van der Waals surface area contributed by atoms with Gasteiger partial charge in [-0.25, -0.2) is 4.98 Å². The van der Waals surface area contributed by atoms with Gasteiger partial charge in [-0.1, -0.05) is 36.0 Å². The second-order valence-electron chi connectivity index (χ2n) is 5.99. The maximum Gasteiger partial charge on any atom is 0.460 e. The number of nitrogens with zero attached hydrogens (tertiary/aromatic N) is 1. The molecule has 3 rings (SSSR count). The highest BCUT2D eigenvalue weighted by atomic mass is 32.2. The molecule has 2 aromatic carbocycles. The van der Waals surface area contributed by atoms with E-state index in [1.54, 1.807) is 12.1 Å². The summed E-state index contributed by atoms with van der Waals surface area (Å²) in [6.07, 6.45) is -6.40. The van der Waals surface area contributed by atoms with Gasteiger partial charge in [0.1, 0.15) is 0 Å². The van der Waals surface area contributed by atoms with Crippen molar-refractivity contribution < 1.29 is 35.5 Å². The molecule has 12 heteroatoms. The highest BCUT2D eigenvalue weighted by Gasteiger charge is 2.73. The number of benzene rings is 2. The number of fused-ring (bicyclic) bond motifs is 1. The van der Waals surface area contributed by atoms with Gasteiger partial charge in [0.2, 0.25) is 0 Å². The van der Waals surface area contributed by atoms with Crippen molar-refractivity contribution in [3.05, 3.63) is 54.1 Å². The summed E-state index contributed by atoms with van der Waals surface area (Å²) >= 11 is 0.182. The van der Waals surface area contributed by atoms with E-state index in [0.29, 0.717) is 10.7 Å². The highest BCUT2D eigenvalue weighted by Crippen LogP contribution is 2.53. The average molecular weight is 468 g/mol. The first-order valence-electron chi connectivity index (χ1n) is 8.13. The largest absolute Gasteiger partial charge is 0.460 e. The molecule has 0 spiro atoms. The number of Topliss-reactive ketones (excluding diaryl/α,β-unsaturated/α-hetero) is 1. The van der Waals surface area contributed by atoms with Crippen molar-refractivity contribution in [1.82, 2.24) is 9.97 Å². The van der Waals surface area contributed by atoms with Gasteiger partial charge in [0, 0.05) is 10.5 Å². The molecule has 1 aromatic heterocycles. The van der Waals surface area contributed by atoms with E-state index >= 15 is 0 Å². The lowest BCUT2D eigenvalue weighted by molar-refractivity contribution is -0.330. The van der Waals surface area contributed by atoms with Gasteiger partial charge >= 0.3 is 17.4 Å². The summed E-state index contributed by atoms with van der Waals surface area (Å²) in [6, 6.07) is 11.2. The van der Waals surface area contributed by atoms with Gasteiger partial charge in [-0.05, 0) is 36.0 Å². The van der Waals surface area contributed by atoms with E-state index in [4.69, 9.17) is 0 Å². The Morgan fingerprint density at radius 3 is 2.17 bits per heavy atom. The van der Waals surface area contributed by atoms with E-state index in [1.807, 2.05) is 12.1 Å². The third kappa shape index (κ3) is 4.59. The fourth-order valence-electron chi connectivity index (χ4n) is 2.30. The summed E-state index contributed by atoms with van der Waals surface area (Å²) < 4.78 is 89.4. The van der Waals surface area contributed by atoms with Crippen LogP contribution in [0.3, 0.4) is 0 Å². The fraction of sp³-hybridized carbons (Fsp3) is 0.222. The number of alkyl halides is 7. The number of carbonyl (C=O) groups excluding carboxylic acids is 1. The van der Waals surface area contributed by atoms with Crippen LogP contribution >= 0.6 is 23.5 Å². The van der Waals surface area contributed by atoms with Crippen molar-refractivity contribution >= 4 is 40.3 Å². The second kappa shape index (κ2) is 8.14. The van der Waals surface area contributed by atoms with Gasteiger partial charge in [0.05, 0.1) is 16.8 Å². The Bertz CT molecular complexity index is 1020. The number of nitrogens with one attached hydrogen (secondary N) is 1. The number of halogens is 7. The number of H-pyrrole nitrogens is 1. The van der Waals surface area contributed by atoms with Gasteiger partial charge < -0.3 is 4.98 Å². The first-order valence-corrected chi connectivity index (χ1v) is 9.93. The molecule has 0 atom stereocenters. The number of carbonyl (C=O) groups is 1. The van der Waals surface area contributed by atoms with Crippen molar-refractivity contribution in [1.29, 1.82) is 0 Å². The number of rotatable bonds is 7. The van der Waals surface area contributed by atoms with E-state index in [-0.39, 0.29) is 11.3 Å². The summed E-state index contributed by atoms with van der Waals surface area (Å²) in [5.41, 5.74) is 1.59. The number of imidazole rings is 1. The Morgan fingerprint density at radius 1 is 0.933 bits per heavy atom. The van der Waals surface area contributed by atoms with E-state index < -0.39 is 39.8 Å². The first kappa shape index (κ1) is 22.5. The summed E-state index contributed by atoms with van der Waals surface area (Å²) in [6.45, 7) is 0. The van der Waals surface area contributed by atoms with Gasteiger partial charge in [-0.15, -0.1) is 0 Å². The van der Waals surface area contributed by atoms with E-state index in [1.165, 1.54) is 0 Å². The smallest absolute Gasteiger partial charge is 0.333 e. The molecule has 160 valence electrons. The molecule has 0 fully saturated rings. The minimum atomic E-state index is -6.40. The molecule has 0 aliphatic rings. The second-order valence-corrected chi connectivity index (χ2v) is 8.14. The molecular formula is C18H11F7N2OS2. The Morgan fingerprint density at radius 2 is 1.57 bits per heavy atom. The summed E-state index contributed by atoms with van der Waals surface area (Å²) in [4.78, 5) is 19.0. The minimum Gasteiger partial charge on any atom is -0.333 e. The normalized spacial score (nSPS) is 13.0. The molecule has 30 heavy (non-hydrogen) atoms. The maximum absolute atomic E-state index is 13.5. The van der Waals surface area contributed by atoms with Crippen molar-refractivity contribution in [3.8, 4) is 0 Å². The molecule has 3 nitrogen and oxygen atoms in total. The zero-order valence-electron chi connectivity index (χ0n) is 14.6. The standard InChI is InChI=1S/C18H11F7N2OS2/c19-16(20,17(21,22)23)18(24,25)30-11-7-5-10(6-8-11)14(28)9-29-15-26-12-3-1-2-4-13(12)27-15/h1-8H,9H2,(H,26,27).